The van der Waals surface area contributed by atoms with E-state index >= 15 is 0 Å². The lowest BCUT2D eigenvalue weighted by Gasteiger charge is -2.41. The Morgan fingerprint density at radius 1 is 0.556 bits per heavy atom. The molecule has 0 aliphatic heterocycles. The first-order valence-corrected chi connectivity index (χ1v) is 22.1. The first-order valence-electron chi connectivity index (χ1n) is 20.6. The average molecular weight is 793 g/mol. The van der Waals surface area contributed by atoms with Gasteiger partial charge in [0, 0.05) is 12.8 Å². The maximum Gasteiger partial charge on any atom is 0.472 e. The van der Waals surface area contributed by atoms with Crippen LogP contribution in [-0.4, -0.2) is 98.3 Å². The molecule has 0 heterocycles. The summed E-state index contributed by atoms with van der Waals surface area (Å²) < 4.78 is 33.4. The molecule has 0 spiro atoms. The molecule has 6 unspecified atom stereocenters. The smallest absolute Gasteiger partial charge is 0.462 e. The van der Waals surface area contributed by atoms with Gasteiger partial charge in [-0.2, -0.15) is 0 Å². The van der Waals surface area contributed by atoms with Crippen LogP contribution in [0.1, 0.15) is 162 Å². The molecule has 0 bridgehead atoms. The van der Waals surface area contributed by atoms with Gasteiger partial charge < -0.3 is 39.9 Å². The molecule has 13 nitrogen and oxygen atoms in total. The Bertz CT molecular complexity index is 1050. The van der Waals surface area contributed by atoms with E-state index in [1.165, 1.54) is 44.9 Å². The lowest BCUT2D eigenvalue weighted by atomic mass is 9.85. The summed E-state index contributed by atoms with van der Waals surface area (Å²) in [5, 5.41) is 50.0. The normalized spacial score (nSPS) is 23.5. The topological polar surface area (TPSA) is 210 Å². The van der Waals surface area contributed by atoms with Crippen molar-refractivity contribution in [3.05, 3.63) is 24.3 Å². The zero-order valence-corrected chi connectivity index (χ0v) is 33.9. The van der Waals surface area contributed by atoms with Crippen molar-refractivity contribution in [3.8, 4) is 0 Å². The van der Waals surface area contributed by atoms with Crippen molar-refractivity contribution in [3.63, 3.8) is 0 Å². The van der Waals surface area contributed by atoms with Crippen LogP contribution in [0.15, 0.2) is 24.3 Å². The molecule has 0 saturated heterocycles. The predicted octanol–water partition coefficient (Wildman–Crippen LogP) is 6.89. The van der Waals surface area contributed by atoms with Crippen molar-refractivity contribution in [2.75, 3.05) is 13.2 Å². The van der Waals surface area contributed by atoms with Crippen LogP contribution >= 0.6 is 7.82 Å². The maximum atomic E-state index is 12.8. The molecule has 0 radical (unpaired) electrons. The monoisotopic (exact) mass is 792 g/mol. The zero-order chi connectivity index (χ0) is 40.0. The van der Waals surface area contributed by atoms with Crippen molar-refractivity contribution >= 4 is 19.8 Å². The molecule has 1 aliphatic rings. The summed E-state index contributed by atoms with van der Waals surface area (Å²) in [6, 6.07) is 0. The van der Waals surface area contributed by atoms with Gasteiger partial charge in [0.05, 0.1) is 6.61 Å². The fourth-order valence-corrected chi connectivity index (χ4v) is 7.07. The number of hydrogen-bond donors (Lipinski definition) is 6. The number of unbranched alkanes of at least 4 members (excludes halogenated alkanes) is 17. The van der Waals surface area contributed by atoms with Crippen molar-refractivity contribution in [2.24, 2.45) is 0 Å². The average Bonchev–Trinajstić information content (AvgIpc) is 3.15. The molecule has 0 aromatic carbocycles. The van der Waals surface area contributed by atoms with Crippen LogP contribution in [0.2, 0.25) is 0 Å². The highest BCUT2D eigenvalue weighted by atomic mass is 31.2. The first-order chi connectivity index (χ1) is 25.9. The quantitative estimate of drug-likeness (QED) is 0.0173. The van der Waals surface area contributed by atoms with Crippen molar-refractivity contribution < 1.29 is 63.1 Å². The minimum absolute atomic E-state index is 0.0857. The molecular formula is C40H73O13P. The molecule has 0 aromatic rings. The highest BCUT2D eigenvalue weighted by molar-refractivity contribution is 7.47. The molecule has 1 saturated carbocycles. The Morgan fingerprint density at radius 3 is 1.44 bits per heavy atom. The van der Waals surface area contributed by atoms with E-state index in [4.69, 9.17) is 18.5 Å². The van der Waals surface area contributed by atoms with Crippen LogP contribution in [0, 0.1) is 0 Å². The van der Waals surface area contributed by atoms with Gasteiger partial charge in [0.2, 0.25) is 0 Å². The number of allylic oxidation sites excluding steroid dienone is 4. The number of esters is 2. The number of carbonyl (C=O) groups is 2. The Labute approximate surface area is 324 Å². The molecule has 14 heteroatoms. The van der Waals surface area contributed by atoms with E-state index in [1.54, 1.807) is 0 Å². The Hall–Kier alpha value is -1.67. The summed E-state index contributed by atoms with van der Waals surface area (Å²) in [6.07, 6.45) is 18.2. The number of ether oxygens (including phenoxy) is 2. The largest absolute Gasteiger partial charge is 0.472 e. The highest BCUT2D eigenvalue weighted by Gasteiger charge is 2.51. The molecule has 1 fully saturated rings. The molecule has 0 amide bonds. The number of aliphatic hydroxyl groups is 5. The van der Waals surface area contributed by atoms with E-state index in [0.29, 0.717) is 12.8 Å². The molecule has 6 N–H and O–H groups in total. The van der Waals surface area contributed by atoms with Gasteiger partial charge in [0.15, 0.2) is 6.10 Å². The van der Waals surface area contributed by atoms with Crippen LogP contribution in [0.4, 0.5) is 0 Å². The SMILES string of the molecule is CCCCC/C=C\CCCCCCCC(=O)O[C@H](COC(=O)CCCCCCC/C=C\CCCCCC)COP(=O)(O)OC1C(O)C(O)C(O)[C@@H](O)C1O. The summed E-state index contributed by atoms with van der Waals surface area (Å²) >= 11 is 0. The molecule has 1 rings (SSSR count). The van der Waals surface area contributed by atoms with E-state index in [2.05, 4.69) is 38.2 Å². The van der Waals surface area contributed by atoms with Gasteiger partial charge in [-0.15, -0.1) is 0 Å². The minimum atomic E-state index is -5.11. The Balaban J connectivity index is 2.53. The van der Waals surface area contributed by atoms with Crippen LogP contribution in [0.5, 0.6) is 0 Å². The van der Waals surface area contributed by atoms with Gasteiger partial charge in [-0.25, -0.2) is 4.57 Å². The highest BCUT2D eigenvalue weighted by Crippen LogP contribution is 2.47. The summed E-state index contributed by atoms with van der Waals surface area (Å²) in [4.78, 5) is 35.5. The summed E-state index contributed by atoms with van der Waals surface area (Å²) in [5.74, 6) is -1.12. The minimum Gasteiger partial charge on any atom is -0.462 e. The zero-order valence-electron chi connectivity index (χ0n) is 33.0. The molecular weight excluding hydrogens is 719 g/mol. The van der Waals surface area contributed by atoms with Crippen molar-refractivity contribution in [1.82, 2.24) is 0 Å². The summed E-state index contributed by atoms with van der Waals surface area (Å²) in [5.41, 5.74) is 0. The summed E-state index contributed by atoms with van der Waals surface area (Å²) in [6.45, 7) is 3.21. The number of aliphatic hydroxyl groups excluding tert-OH is 5. The first kappa shape index (κ1) is 50.3. The molecule has 8 atom stereocenters. The lowest BCUT2D eigenvalue weighted by Crippen LogP contribution is -2.64. The fraction of sp³-hybridized carbons (Fsp3) is 0.850. The van der Waals surface area contributed by atoms with Crippen LogP contribution in [-0.2, 0) is 32.7 Å². The maximum absolute atomic E-state index is 12.8. The predicted molar refractivity (Wildman–Crippen MR) is 207 cm³/mol. The fourth-order valence-electron chi connectivity index (χ4n) is 6.10. The van der Waals surface area contributed by atoms with Gasteiger partial charge >= 0.3 is 19.8 Å². The Kier molecular flexibility index (Phi) is 29.3. The second-order valence-corrected chi connectivity index (χ2v) is 15.9. The van der Waals surface area contributed by atoms with E-state index in [1.807, 2.05) is 0 Å². The van der Waals surface area contributed by atoms with Crippen molar-refractivity contribution in [2.45, 2.75) is 204 Å². The second kappa shape index (κ2) is 31.4. The number of phosphoric ester groups is 1. The Morgan fingerprint density at radius 2 is 0.944 bits per heavy atom. The van der Waals surface area contributed by atoms with Gasteiger partial charge in [-0.05, 0) is 64.2 Å². The van der Waals surface area contributed by atoms with Gasteiger partial charge in [0.25, 0.3) is 0 Å². The number of hydrogen-bond acceptors (Lipinski definition) is 12. The second-order valence-electron chi connectivity index (χ2n) is 14.5. The van der Waals surface area contributed by atoms with Gasteiger partial charge in [0.1, 0.15) is 43.2 Å². The van der Waals surface area contributed by atoms with Crippen LogP contribution in [0.25, 0.3) is 0 Å². The third-order valence-corrected chi connectivity index (χ3v) is 10.5. The standard InChI is InChI=1S/C40H73O13P/c1-3-5-7-9-11-13-15-17-19-20-22-24-26-28-33(41)50-30-32(52-34(42)29-27-25-23-21-18-16-14-12-10-8-6-4-2)31-51-54(48,49)53-40-38(46)36(44)35(43)37(45)39(40)47/h12-15,32,35-40,43-47H,3-11,16-31H2,1-2H3,(H,48,49)/b14-12-,15-13-/t32-,35?,36-,37?,38?,39?,40?/m1/s1. The van der Waals surface area contributed by atoms with E-state index in [-0.39, 0.29) is 12.8 Å². The molecule has 1 aliphatic carbocycles. The van der Waals surface area contributed by atoms with Crippen LogP contribution in [0.3, 0.4) is 0 Å². The van der Waals surface area contributed by atoms with Crippen molar-refractivity contribution in [1.29, 1.82) is 0 Å². The summed E-state index contributed by atoms with van der Waals surface area (Å²) in [7, 11) is -5.11. The van der Waals surface area contributed by atoms with Gasteiger partial charge in [-0.1, -0.05) is 109 Å². The third-order valence-electron chi connectivity index (χ3n) is 9.52. The third kappa shape index (κ3) is 24.1. The van der Waals surface area contributed by atoms with E-state index < -0.39 is 75.7 Å². The number of phosphoric acid groups is 1. The van der Waals surface area contributed by atoms with E-state index in [9.17, 15) is 44.6 Å². The molecule has 316 valence electrons. The van der Waals surface area contributed by atoms with Crippen LogP contribution < -0.4 is 0 Å². The van der Waals surface area contributed by atoms with Gasteiger partial charge in [-0.3, -0.25) is 18.6 Å². The lowest BCUT2D eigenvalue weighted by molar-refractivity contribution is -0.220. The van der Waals surface area contributed by atoms with E-state index in [0.717, 1.165) is 77.0 Å². The molecule has 0 aromatic heterocycles. The molecule has 54 heavy (non-hydrogen) atoms. The number of carbonyl (C=O) groups excluding carboxylic acids is 2. The number of rotatable bonds is 33.